The zero-order chi connectivity index (χ0) is 34.3. The average Bonchev–Trinajstić information content (AvgIpc) is 3.04. The second-order valence-corrected chi connectivity index (χ2v) is 15.0. The van der Waals surface area contributed by atoms with Crippen molar-refractivity contribution in [2.24, 2.45) is 5.92 Å². The predicted octanol–water partition coefficient (Wildman–Crippen LogP) is 8.22. The molecule has 4 rings (SSSR count). The SMILES string of the molecule is Cc1ccc(S(=O)(=O)N(CC(=O)N(Cc2ccc(Cl)c(Cl)c2)C(Cc2ccccc2)C(=O)NCC(C)C)c2cccc(Cl)c2Cl)cc1. The predicted molar refractivity (Wildman–Crippen MR) is 191 cm³/mol. The molecule has 0 heterocycles. The van der Waals surface area contributed by atoms with E-state index in [1.807, 2.05) is 51.1 Å². The first-order valence-corrected chi connectivity index (χ1v) is 17.8. The Hall–Kier alpha value is -3.27. The van der Waals surface area contributed by atoms with Gasteiger partial charge in [0, 0.05) is 19.5 Å². The van der Waals surface area contributed by atoms with Gasteiger partial charge in [-0.05, 0) is 60.4 Å². The molecule has 0 spiro atoms. The monoisotopic (exact) mass is 733 g/mol. The summed E-state index contributed by atoms with van der Waals surface area (Å²) in [5.41, 5.74) is 2.28. The molecule has 0 aliphatic rings. The number of amides is 2. The van der Waals surface area contributed by atoms with E-state index >= 15 is 0 Å². The first kappa shape index (κ1) is 36.6. The highest BCUT2D eigenvalue weighted by atomic mass is 35.5. The Morgan fingerprint density at radius 2 is 1.47 bits per heavy atom. The molecule has 0 fully saturated rings. The summed E-state index contributed by atoms with van der Waals surface area (Å²) in [7, 11) is -4.35. The van der Waals surface area contributed by atoms with Crippen LogP contribution in [0.1, 0.15) is 30.5 Å². The number of aryl methyl sites for hydroxylation is 1. The lowest BCUT2D eigenvalue weighted by atomic mass is 10.0. The molecule has 47 heavy (non-hydrogen) atoms. The summed E-state index contributed by atoms with van der Waals surface area (Å²) in [6.45, 7) is 5.40. The molecule has 0 bridgehead atoms. The summed E-state index contributed by atoms with van der Waals surface area (Å²) in [6, 6.07) is 24.0. The molecule has 2 amide bonds. The molecule has 0 saturated heterocycles. The Morgan fingerprint density at radius 3 is 2.11 bits per heavy atom. The average molecular weight is 736 g/mol. The summed E-state index contributed by atoms with van der Waals surface area (Å²) >= 11 is 25.4. The van der Waals surface area contributed by atoms with Gasteiger partial charge in [0.05, 0.1) is 30.7 Å². The Balaban J connectivity index is 1.84. The van der Waals surface area contributed by atoms with Gasteiger partial charge in [-0.1, -0.05) is 120 Å². The van der Waals surface area contributed by atoms with Crippen molar-refractivity contribution in [2.45, 2.75) is 44.7 Å². The summed E-state index contributed by atoms with van der Waals surface area (Å²) in [5, 5.41) is 3.63. The number of carbonyl (C=O) groups excluding carboxylic acids is 2. The van der Waals surface area contributed by atoms with Crippen molar-refractivity contribution < 1.29 is 18.0 Å². The third-order valence-electron chi connectivity index (χ3n) is 7.38. The summed E-state index contributed by atoms with van der Waals surface area (Å²) in [5.74, 6) is -0.885. The normalized spacial score (nSPS) is 12.1. The molecule has 1 N–H and O–H groups in total. The second-order valence-electron chi connectivity index (χ2n) is 11.5. The smallest absolute Gasteiger partial charge is 0.264 e. The van der Waals surface area contributed by atoms with Crippen LogP contribution in [0.2, 0.25) is 20.1 Å². The van der Waals surface area contributed by atoms with E-state index in [2.05, 4.69) is 5.32 Å². The molecule has 0 radical (unpaired) electrons. The van der Waals surface area contributed by atoms with Gasteiger partial charge in [0.15, 0.2) is 0 Å². The second kappa shape index (κ2) is 16.2. The minimum absolute atomic E-state index is 0.0199. The first-order chi connectivity index (χ1) is 22.3. The van der Waals surface area contributed by atoms with Gasteiger partial charge in [-0.25, -0.2) is 8.42 Å². The summed E-state index contributed by atoms with van der Waals surface area (Å²) in [6.07, 6.45) is 0.167. The lowest BCUT2D eigenvalue weighted by Gasteiger charge is -2.34. The van der Waals surface area contributed by atoms with Crippen molar-refractivity contribution in [3.63, 3.8) is 0 Å². The number of hydrogen-bond donors (Lipinski definition) is 1. The van der Waals surface area contributed by atoms with Crippen LogP contribution in [0.4, 0.5) is 5.69 Å². The standard InChI is InChI=1S/C35H35Cl4N3O4S/c1-23(2)20-40-35(44)32(19-25-8-5-4-6-9-25)41(21-26-14-17-28(36)30(38)18-26)33(43)22-42(31-11-7-10-29(37)34(31)39)47(45,46)27-15-12-24(3)13-16-27/h4-18,23,32H,19-22H2,1-3H3,(H,40,44). The molecule has 0 aliphatic heterocycles. The van der Waals surface area contributed by atoms with Crippen LogP contribution in [0.25, 0.3) is 0 Å². The van der Waals surface area contributed by atoms with E-state index in [0.29, 0.717) is 17.1 Å². The molecule has 1 atom stereocenters. The Kier molecular flexibility index (Phi) is 12.6. The number of sulfonamides is 1. The molecular weight excluding hydrogens is 700 g/mol. The molecule has 0 aromatic heterocycles. The zero-order valence-electron chi connectivity index (χ0n) is 26.1. The molecule has 0 aliphatic carbocycles. The topological polar surface area (TPSA) is 86.8 Å². The summed E-state index contributed by atoms with van der Waals surface area (Å²) in [4.78, 5) is 29.8. The van der Waals surface area contributed by atoms with Crippen molar-refractivity contribution in [1.29, 1.82) is 0 Å². The molecule has 0 saturated carbocycles. The number of nitrogens with one attached hydrogen (secondary N) is 1. The largest absolute Gasteiger partial charge is 0.354 e. The van der Waals surface area contributed by atoms with Crippen LogP contribution >= 0.6 is 46.4 Å². The quantitative estimate of drug-likeness (QED) is 0.150. The maximum Gasteiger partial charge on any atom is 0.264 e. The van der Waals surface area contributed by atoms with E-state index in [-0.39, 0.29) is 50.4 Å². The maximum absolute atomic E-state index is 14.6. The van der Waals surface area contributed by atoms with Crippen LogP contribution in [-0.2, 0) is 32.6 Å². The van der Waals surface area contributed by atoms with Crippen molar-refractivity contribution in [1.82, 2.24) is 10.2 Å². The van der Waals surface area contributed by atoms with Crippen LogP contribution in [0.15, 0.2) is 95.9 Å². The molecule has 4 aromatic carbocycles. The third kappa shape index (κ3) is 9.42. The Morgan fingerprint density at radius 1 is 0.787 bits per heavy atom. The highest BCUT2D eigenvalue weighted by Crippen LogP contribution is 2.36. The fourth-order valence-electron chi connectivity index (χ4n) is 4.85. The lowest BCUT2D eigenvalue weighted by Crippen LogP contribution is -2.53. The number of carbonyl (C=O) groups is 2. The van der Waals surface area contributed by atoms with Crippen LogP contribution < -0.4 is 9.62 Å². The van der Waals surface area contributed by atoms with Crippen molar-refractivity contribution >= 4 is 73.9 Å². The molecule has 12 heteroatoms. The van der Waals surface area contributed by atoms with Gasteiger partial charge < -0.3 is 10.2 Å². The maximum atomic E-state index is 14.6. The van der Waals surface area contributed by atoms with Gasteiger partial charge in [0.25, 0.3) is 10.0 Å². The van der Waals surface area contributed by atoms with Crippen molar-refractivity contribution in [2.75, 3.05) is 17.4 Å². The van der Waals surface area contributed by atoms with E-state index in [9.17, 15) is 18.0 Å². The minimum atomic E-state index is -4.35. The molecule has 1 unspecified atom stereocenters. The first-order valence-electron chi connectivity index (χ1n) is 14.9. The van der Waals surface area contributed by atoms with E-state index in [0.717, 1.165) is 15.4 Å². The van der Waals surface area contributed by atoms with Crippen LogP contribution in [-0.4, -0.2) is 44.3 Å². The van der Waals surface area contributed by atoms with Crippen molar-refractivity contribution in [3.8, 4) is 0 Å². The summed E-state index contributed by atoms with van der Waals surface area (Å²) < 4.78 is 29.4. The van der Waals surface area contributed by atoms with E-state index < -0.39 is 28.5 Å². The zero-order valence-corrected chi connectivity index (χ0v) is 29.9. The van der Waals surface area contributed by atoms with Crippen molar-refractivity contribution in [3.05, 3.63) is 128 Å². The molecule has 7 nitrogen and oxygen atoms in total. The number of halogens is 4. The third-order valence-corrected chi connectivity index (χ3v) is 10.7. The van der Waals surface area contributed by atoms with Crippen LogP contribution in [0, 0.1) is 12.8 Å². The van der Waals surface area contributed by atoms with Gasteiger partial charge in [-0.3, -0.25) is 13.9 Å². The van der Waals surface area contributed by atoms with Gasteiger partial charge in [0.1, 0.15) is 12.6 Å². The van der Waals surface area contributed by atoms with E-state index in [1.165, 1.54) is 29.2 Å². The van der Waals surface area contributed by atoms with E-state index in [4.69, 9.17) is 46.4 Å². The Bertz CT molecular complexity index is 1820. The Labute approximate surface area is 296 Å². The fraction of sp³-hybridized carbons (Fsp3) is 0.257. The highest BCUT2D eigenvalue weighted by molar-refractivity contribution is 7.92. The van der Waals surface area contributed by atoms with Gasteiger partial charge >= 0.3 is 0 Å². The molecular formula is C35H35Cl4N3O4S. The number of rotatable bonds is 13. The molecule has 4 aromatic rings. The number of benzene rings is 4. The minimum Gasteiger partial charge on any atom is -0.354 e. The van der Waals surface area contributed by atoms with Crippen LogP contribution in [0.5, 0.6) is 0 Å². The van der Waals surface area contributed by atoms with E-state index in [1.54, 1.807) is 36.4 Å². The van der Waals surface area contributed by atoms with Gasteiger partial charge in [-0.2, -0.15) is 0 Å². The van der Waals surface area contributed by atoms with Crippen LogP contribution in [0.3, 0.4) is 0 Å². The number of nitrogens with zero attached hydrogens (tertiary/aromatic N) is 2. The lowest BCUT2D eigenvalue weighted by molar-refractivity contribution is -0.140. The van der Waals surface area contributed by atoms with Gasteiger partial charge in [0.2, 0.25) is 11.8 Å². The fourth-order valence-corrected chi connectivity index (χ4v) is 7.04. The highest BCUT2D eigenvalue weighted by Gasteiger charge is 2.35. The number of hydrogen-bond acceptors (Lipinski definition) is 4. The van der Waals surface area contributed by atoms with Gasteiger partial charge in [-0.15, -0.1) is 0 Å². The molecule has 248 valence electrons. The number of anilines is 1.